The summed E-state index contributed by atoms with van der Waals surface area (Å²) in [6, 6.07) is 4.99. The molecule has 7 heteroatoms. The highest BCUT2D eigenvalue weighted by molar-refractivity contribution is 5.98. The molecular formula is C11H12N4O3. The second-order valence-corrected chi connectivity index (χ2v) is 3.46. The van der Waals surface area contributed by atoms with E-state index in [0.29, 0.717) is 29.3 Å². The monoisotopic (exact) mass is 248 g/mol. The maximum absolute atomic E-state index is 11.6. The topological polar surface area (TPSA) is 103 Å². The molecule has 94 valence electrons. The summed E-state index contributed by atoms with van der Waals surface area (Å²) in [5.74, 6) is 0.00646. The Bertz CT molecular complexity index is 539. The predicted octanol–water partition coefficient (Wildman–Crippen LogP) is 1.05. The quantitative estimate of drug-likeness (QED) is 0.615. The maximum atomic E-state index is 11.6. The van der Waals surface area contributed by atoms with Gasteiger partial charge in [0, 0.05) is 0 Å². The van der Waals surface area contributed by atoms with E-state index in [2.05, 4.69) is 24.7 Å². The smallest absolute Gasteiger partial charge is 0.340 e. The summed E-state index contributed by atoms with van der Waals surface area (Å²) >= 11 is 0. The van der Waals surface area contributed by atoms with E-state index in [1.807, 2.05) is 0 Å². The van der Waals surface area contributed by atoms with Crippen molar-refractivity contribution in [2.24, 2.45) is 0 Å². The Hall–Kier alpha value is -2.57. The van der Waals surface area contributed by atoms with Crippen molar-refractivity contribution in [2.45, 2.75) is 6.54 Å². The molecule has 0 spiro atoms. The van der Waals surface area contributed by atoms with Crippen LogP contribution in [0.4, 0.5) is 11.4 Å². The first kappa shape index (κ1) is 11.9. The van der Waals surface area contributed by atoms with Crippen molar-refractivity contribution < 1.29 is 14.1 Å². The van der Waals surface area contributed by atoms with Gasteiger partial charge < -0.3 is 20.3 Å². The van der Waals surface area contributed by atoms with Gasteiger partial charge in [0.05, 0.1) is 30.6 Å². The number of benzene rings is 1. The molecule has 7 nitrogen and oxygen atoms in total. The SMILES string of the molecule is COC(=O)c1cccc(N)c1NCc1ncon1. The number of ether oxygens (including phenoxy) is 1. The number of hydrogen-bond acceptors (Lipinski definition) is 7. The molecule has 18 heavy (non-hydrogen) atoms. The Balaban J connectivity index is 2.22. The Labute approximate surface area is 103 Å². The fourth-order valence-corrected chi connectivity index (χ4v) is 1.49. The summed E-state index contributed by atoms with van der Waals surface area (Å²) in [5, 5.41) is 6.64. The molecule has 0 aliphatic carbocycles. The third-order valence-electron chi connectivity index (χ3n) is 2.33. The highest BCUT2D eigenvalue weighted by Crippen LogP contribution is 2.24. The largest absolute Gasteiger partial charge is 0.465 e. The van der Waals surface area contributed by atoms with E-state index in [4.69, 9.17) is 5.73 Å². The lowest BCUT2D eigenvalue weighted by atomic mass is 10.1. The molecule has 0 fully saturated rings. The van der Waals surface area contributed by atoms with Crippen molar-refractivity contribution in [1.82, 2.24) is 10.1 Å². The van der Waals surface area contributed by atoms with Gasteiger partial charge in [0.25, 0.3) is 0 Å². The third kappa shape index (κ3) is 2.40. The second kappa shape index (κ2) is 5.17. The van der Waals surface area contributed by atoms with Crippen molar-refractivity contribution in [3.05, 3.63) is 36.0 Å². The van der Waals surface area contributed by atoms with Gasteiger partial charge in [0.2, 0.25) is 6.39 Å². The van der Waals surface area contributed by atoms with Crippen molar-refractivity contribution in [3.63, 3.8) is 0 Å². The molecule has 0 atom stereocenters. The minimum atomic E-state index is -0.460. The molecule has 3 N–H and O–H groups in total. The number of esters is 1. The van der Waals surface area contributed by atoms with Crippen molar-refractivity contribution in [3.8, 4) is 0 Å². The third-order valence-corrected chi connectivity index (χ3v) is 2.33. The van der Waals surface area contributed by atoms with Crippen LogP contribution >= 0.6 is 0 Å². The molecule has 0 aliphatic rings. The molecule has 0 saturated heterocycles. The number of rotatable bonds is 4. The summed E-state index contributed by atoms with van der Waals surface area (Å²) in [7, 11) is 1.31. The number of nitrogen functional groups attached to an aromatic ring is 1. The summed E-state index contributed by atoms with van der Waals surface area (Å²) < 4.78 is 9.29. The van der Waals surface area contributed by atoms with Crippen molar-refractivity contribution >= 4 is 17.3 Å². The first-order valence-corrected chi connectivity index (χ1v) is 5.18. The van der Waals surface area contributed by atoms with E-state index in [1.54, 1.807) is 18.2 Å². The average molecular weight is 248 g/mol. The van der Waals surface area contributed by atoms with Crippen LogP contribution in [0.2, 0.25) is 0 Å². The molecule has 2 rings (SSSR count). The highest BCUT2D eigenvalue weighted by Gasteiger charge is 2.14. The number of methoxy groups -OCH3 is 1. The van der Waals surface area contributed by atoms with Crippen molar-refractivity contribution in [2.75, 3.05) is 18.2 Å². The van der Waals surface area contributed by atoms with Gasteiger partial charge in [-0.2, -0.15) is 4.98 Å². The molecule has 1 aromatic carbocycles. The minimum absolute atomic E-state index is 0.300. The van der Waals surface area contributed by atoms with Crippen LogP contribution in [0.25, 0.3) is 0 Å². The molecule has 0 aliphatic heterocycles. The van der Waals surface area contributed by atoms with Crippen LogP contribution < -0.4 is 11.1 Å². The van der Waals surface area contributed by atoms with Gasteiger partial charge in [-0.3, -0.25) is 0 Å². The number of carbonyl (C=O) groups is 1. The van der Waals surface area contributed by atoms with E-state index in [0.717, 1.165) is 0 Å². The number of para-hydroxylation sites is 1. The molecule has 0 unspecified atom stereocenters. The number of carbonyl (C=O) groups excluding carboxylic acids is 1. The van der Waals surface area contributed by atoms with Gasteiger partial charge in [-0.15, -0.1) is 0 Å². The Morgan fingerprint density at radius 3 is 3.06 bits per heavy atom. The summed E-state index contributed by atoms with van der Waals surface area (Å²) in [6.45, 7) is 0.300. The molecule has 1 heterocycles. The van der Waals surface area contributed by atoms with E-state index >= 15 is 0 Å². The summed E-state index contributed by atoms with van der Waals surface area (Å²) in [6.07, 6.45) is 1.23. The molecule has 0 bridgehead atoms. The molecule has 1 aromatic heterocycles. The van der Waals surface area contributed by atoms with Gasteiger partial charge >= 0.3 is 5.97 Å². The lowest BCUT2D eigenvalue weighted by molar-refractivity contribution is 0.0602. The molecular weight excluding hydrogens is 236 g/mol. The Morgan fingerprint density at radius 2 is 2.39 bits per heavy atom. The zero-order chi connectivity index (χ0) is 13.0. The van der Waals surface area contributed by atoms with Crippen LogP contribution in [0.1, 0.15) is 16.2 Å². The minimum Gasteiger partial charge on any atom is -0.465 e. The first-order valence-electron chi connectivity index (χ1n) is 5.18. The highest BCUT2D eigenvalue weighted by atomic mass is 16.5. The molecule has 0 radical (unpaired) electrons. The van der Waals surface area contributed by atoms with Crippen LogP contribution in [0.15, 0.2) is 29.1 Å². The van der Waals surface area contributed by atoms with Crippen LogP contribution in [0.3, 0.4) is 0 Å². The van der Waals surface area contributed by atoms with Crippen LogP contribution in [0, 0.1) is 0 Å². The molecule has 0 amide bonds. The van der Waals surface area contributed by atoms with E-state index < -0.39 is 5.97 Å². The first-order chi connectivity index (χ1) is 8.72. The Kier molecular flexibility index (Phi) is 3.42. The second-order valence-electron chi connectivity index (χ2n) is 3.46. The normalized spacial score (nSPS) is 10.1. The zero-order valence-corrected chi connectivity index (χ0v) is 9.71. The lowest BCUT2D eigenvalue weighted by Gasteiger charge is -2.11. The molecule has 0 saturated carbocycles. The number of anilines is 2. The lowest BCUT2D eigenvalue weighted by Crippen LogP contribution is -2.11. The van der Waals surface area contributed by atoms with Gasteiger partial charge in [0.1, 0.15) is 0 Å². The van der Waals surface area contributed by atoms with Crippen LogP contribution in [-0.4, -0.2) is 23.2 Å². The van der Waals surface area contributed by atoms with Crippen molar-refractivity contribution in [1.29, 1.82) is 0 Å². The Morgan fingerprint density at radius 1 is 1.56 bits per heavy atom. The van der Waals surface area contributed by atoms with Crippen LogP contribution in [-0.2, 0) is 11.3 Å². The average Bonchev–Trinajstić information content (AvgIpc) is 2.89. The number of nitrogens with zero attached hydrogens (tertiary/aromatic N) is 2. The fourth-order valence-electron chi connectivity index (χ4n) is 1.49. The summed E-state index contributed by atoms with van der Waals surface area (Å²) in [4.78, 5) is 15.4. The van der Waals surface area contributed by atoms with E-state index in [-0.39, 0.29) is 0 Å². The van der Waals surface area contributed by atoms with E-state index in [9.17, 15) is 4.79 Å². The number of hydrogen-bond donors (Lipinski definition) is 2. The molecule has 2 aromatic rings. The predicted molar refractivity (Wildman–Crippen MR) is 63.8 cm³/mol. The van der Waals surface area contributed by atoms with Crippen LogP contribution in [0.5, 0.6) is 0 Å². The van der Waals surface area contributed by atoms with E-state index in [1.165, 1.54) is 13.5 Å². The van der Waals surface area contributed by atoms with Gasteiger partial charge in [-0.25, -0.2) is 4.79 Å². The van der Waals surface area contributed by atoms with Gasteiger partial charge in [0.15, 0.2) is 5.82 Å². The fraction of sp³-hybridized carbons (Fsp3) is 0.182. The standard InChI is InChI=1S/C11H12N4O3/c1-17-11(16)7-3-2-4-8(12)10(7)13-5-9-14-6-18-15-9/h2-4,6,13H,5,12H2,1H3. The maximum Gasteiger partial charge on any atom is 0.340 e. The number of nitrogens with two attached hydrogens (primary N) is 1. The van der Waals surface area contributed by atoms with Gasteiger partial charge in [-0.05, 0) is 12.1 Å². The summed E-state index contributed by atoms with van der Waals surface area (Å²) in [5.41, 5.74) is 7.12. The van der Waals surface area contributed by atoms with Gasteiger partial charge in [-0.1, -0.05) is 11.2 Å². The number of nitrogens with one attached hydrogen (secondary N) is 1. The number of aromatic nitrogens is 2. The zero-order valence-electron chi connectivity index (χ0n) is 9.71.